The summed E-state index contributed by atoms with van der Waals surface area (Å²) in [6.45, 7) is 21.8. The van der Waals surface area contributed by atoms with Crippen molar-refractivity contribution in [2.45, 2.75) is 60.8 Å². The van der Waals surface area contributed by atoms with Gasteiger partial charge in [0.15, 0.2) is 0 Å². The van der Waals surface area contributed by atoms with Crippen LogP contribution in [0.25, 0.3) is 0 Å². The minimum absolute atomic E-state index is 0.583. The summed E-state index contributed by atoms with van der Waals surface area (Å²) in [4.78, 5) is 0. The van der Waals surface area contributed by atoms with Gasteiger partial charge in [-0.15, -0.1) is 0 Å². The van der Waals surface area contributed by atoms with Crippen LogP contribution < -0.4 is 0 Å². The van der Waals surface area contributed by atoms with Crippen LogP contribution in [0.4, 0.5) is 0 Å². The summed E-state index contributed by atoms with van der Waals surface area (Å²) in [6.07, 6.45) is 3.26. The lowest BCUT2D eigenvalue weighted by molar-refractivity contribution is 0.473. The average Bonchev–Trinajstić information content (AvgIpc) is 2.27. The summed E-state index contributed by atoms with van der Waals surface area (Å²) in [5.41, 5.74) is 5.53. The summed E-state index contributed by atoms with van der Waals surface area (Å²) in [6, 6.07) is 0. The molecule has 0 heteroatoms. The Balaban J connectivity index is 4.97. The molecule has 0 radical (unpaired) electrons. The van der Waals surface area contributed by atoms with Crippen LogP contribution in [0.3, 0.4) is 0 Å². The highest BCUT2D eigenvalue weighted by Gasteiger charge is 2.14. The summed E-state index contributed by atoms with van der Waals surface area (Å²) in [5, 5.41) is 0. The zero-order chi connectivity index (χ0) is 13.6. The molecule has 0 saturated carbocycles. The molecule has 98 valence electrons. The first-order valence-corrected chi connectivity index (χ1v) is 6.89. The monoisotopic (exact) mass is 234 g/mol. The van der Waals surface area contributed by atoms with Crippen molar-refractivity contribution in [1.29, 1.82) is 0 Å². The van der Waals surface area contributed by atoms with Gasteiger partial charge in [0.1, 0.15) is 0 Å². The molecule has 0 rings (SSSR count). The van der Waals surface area contributed by atoms with Gasteiger partial charge >= 0.3 is 0 Å². The van der Waals surface area contributed by atoms with E-state index in [1.165, 1.54) is 22.3 Å². The summed E-state index contributed by atoms with van der Waals surface area (Å²) < 4.78 is 0. The van der Waals surface area contributed by atoms with Crippen molar-refractivity contribution < 1.29 is 0 Å². The highest BCUT2D eigenvalue weighted by atomic mass is 14.2. The number of hydrogen-bond donors (Lipinski definition) is 0. The minimum Gasteiger partial charge on any atom is -0.0992 e. The molecule has 0 aromatic heterocycles. The predicted octanol–water partition coefficient (Wildman–Crippen LogP) is 5.92. The zero-order valence-electron chi connectivity index (χ0n) is 12.7. The van der Waals surface area contributed by atoms with E-state index in [4.69, 9.17) is 0 Å². The minimum atomic E-state index is 0.583. The van der Waals surface area contributed by atoms with Crippen molar-refractivity contribution in [1.82, 2.24) is 0 Å². The van der Waals surface area contributed by atoms with Gasteiger partial charge in [-0.2, -0.15) is 0 Å². The molecule has 0 aliphatic rings. The Kier molecular flexibility index (Phi) is 7.18. The molecule has 0 aliphatic heterocycles. The molecule has 1 unspecified atom stereocenters. The molecule has 0 aromatic carbocycles. The molecule has 0 saturated heterocycles. The zero-order valence-corrected chi connectivity index (χ0v) is 12.7. The molecule has 17 heavy (non-hydrogen) atoms. The van der Waals surface area contributed by atoms with Crippen LogP contribution in [0.2, 0.25) is 0 Å². The van der Waals surface area contributed by atoms with Gasteiger partial charge in [0, 0.05) is 0 Å². The molecule has 0 N–H and O–H groups in total. The lowest BCUT2D eigenvalue weighted by atomic mass is 9.84. The normalized spacial score (nSPS) is 12.4. The van der Waals surface area contributed by atoms with Crippen LogP contribution >= 0.6 is 0 Å². The van der Waals surface area contributed by atoms with Crippen LogP contribution in [-0.2, 0) is 0 Å². The van der Waals surface area contributed by atoms with Gasteiger partial charge in [-0.05, 0) is 43.6 Å². The standard InChI is InChI=1S/C17H30/c1-9-16(10-2)17(13(5)6)11-14(7)15(8)12(3)4/h12,15H,5,7,9-11H2,1-4,6,8H3. The van der Waals surface area contributed by atoms with E-state index >= 15 is 0 Å². The molecule has 0 spiro atoms. The maximum Gasteiger partial charge on any atom is -0.00651 e. The molecule has 0 nitrogen and oxygen atoms in total. The van der Waals surface area contributed by atoms with E-state index in [-0.39, 0.29) is 0 Å². The van der Waals surface area contributed by atoms with Gasteiger partial charge in [-0.25, -0.2) is 0 Å². The number of allylic oxidation sites excluding steroid dienone is 4. The van der Waals surface area contributed by atoms with Crippen LogP contribution in [0.5, 0.6) is 0 Å². The first kappa shape index (κ1) is 16.2. The lowest BCUT2D eigenvalue weighted by Gasteiger charge is -2.22. The van der Waals surface area contributed by atoms with Gasteiger partial charge in [0.05, 0.1) is 0 Å². The predicted molar refractivity (Wildman–Crippen MR) is 80.2 cm³/mol. The van der Waals surface area contributed by atoms with E-state index < -0.39 is 0 Å². The fourth-order valence-electron chi connectivity index (χ4n) is 2.11. The second kappa shape index (κ2) is 7.53. The van der Waals surface area contributed by atoms with Crippen molar-refractivity contribution in [3.8, 4) is 0 Å². The smallest absolute Gasteiger partial charge is 0.00651 e. The van der Waals surface area contributed by atoms with Gasteiger partial charge in [-0.3, -0.25) is 0 Å². The topological polar surface area (TPSA) is 0 Å². The summed E-state index contributed by atoms with van der Waals surface area (Å²) in [5.74, 6) is 1.25. The van der Waals surface area contributed by atoms with Crippen molar-refractivity contribution in [3.05, 3.63) is 35.5 Å². The Labute approximate surface area is 109 Å². The number of hydrogen-bond acceptors (Lipinski definition) is 0. The first-order valence-electron chi connectivity index (χ1n) is 6.89. The van der Waals surface area contributed by atoms with Crippen LogP contribution in [-0.4, -0.2) is 0 Å². The van der Waals surface area contributed by atoms with E-state index in [0.717, 1.165) is 19.3 Å². The third kappa shape index (κ3) is 4.93. The van der Waals surface area contributed by atoms with Gasteiger partial charge in [0.25, 0.3) is 0 Å². The Bertz CT molecular complexity index is 296. The quantitative estimate of drug-likeness (QED) is 0.379. The third-order valence-corrected chi connectivity index (χ3v) is 3.84. The number of rotatable bonds is 7. The molecule has 0 fully saturated rings. The van der Waals surface area contributed by atoms with E-state index in [0.29, 0.717) is 11.8 Å². The highest BCUT2D eigenvalue weighted by molar-refractivity contribution is 5.35. The Morgan fingerprint density at radius 3 is 1.76 bits per heavy atom. The van der Waals surface area contributed by atoms with E-state index in [9.17, 15) is 0 Å². The Morgan fingerprint density at radius 1 is 1.00 bits per heavy atom. The average molecular weight is 234 g/mol. The molecule has 0 aromatic rings. The molecular formula is C17H30. The van der Waals surface area contributed by atoms with Crippen LogP contribution in [0.15, 0.2) is 35.5 Å². The van der Waals surface area contributed by atoms with E-state index in [1.54, 1.807) is 0 Å². The summed E-state index contributed by atoms with van der Waals surface area (Å²) in [7, 11) is 0. The van der Waals surface area contributed by atoms with E-state index in [2.05, 4.69) is 54.7 Å². The first-order chi connectivity index (χ1) is 7.84. The molecule has 0 aliphatic carbocycles. The second-order valence-corrected chi connectivity index (χ2v) is 5.44. The van der Waals surface area contributed by atoms with Crippen molar-refractivity contribution in [2.24, 2.45) is 11.8 Å². The highest BCUT2D eigenvalue weighted by Crippen LogP contribution is 2.30. The SMILES string of the molecule is C=C(C)C(CC(=C)C(C)C(C)C)=C(CC)CC. The third-order valence-electron chi connectivity index (χ3n) is 3.84. The van der Waals surface area contributed by atoms with Crippen LogP contribution in [0.1, 0.15) is 60.8 Å². The molecule has 0 bridgehead atoms. The fourth-order valence-corrected chi connectivity index (χ4v) is 2.11. The van der Waals surface area contributed by atoms with Crippen molar-refractivity contribution >= 4 is 0 Å². The van der Waals surface area contributed by atoms with Crippen LogP contribution in [0, 0.1) is 11.8 Å². The summed E-state index contributed by atoms with van der Waals surface area (Å²) >= 11 is 0. The Hall–Kier alpha value is -0.780. The largest absolute Gasteiger partial charge is 0.0992 e. The van der Waals surface area contributed by atoms with Crippen molar-refractivity contribution in [3.63, 3.8) is 0 Å². The fraction of sp³-hybridized carbons (Fsp3) is 0.647. The second-order valence-electron chi connectivity index (χ2n) is 5.44. The maximum atomic E-state index is 4.27. The van der Waals surface area contributed by atoms with Crippen molar-refractivity contribution in [2.75, 3.05) is 0 Å². The molecular weight excluding hydrogens is 204 g/mol. The lowest BCUT2D eigenvalue weighted by Crippen LogP contribution is -2.08. The molecule has 1 atom stereocenters. The van der Waals surface area contributed by atoms with Gasteiger partial charge in [0.2, 0.25) is 0 Å². The van der Waals surface area contributed by atoms with Gasteiger partial charge in [-0.1, -0.05) is 64.5 Å². The van der Waals surface area contributed by atoms with E-state index in [1.807, 2.05) is 0 Å². The molecule has 0 amide bonds. The maximum absolute atomic E-state index is 4.27. The molecule has 0 heterocycles. The van der Waals surface area contributed by atoms with Gasteiger partial charge < -0.3 is 0 Å². The Morgan fingerprint density at radius 2 is 1.47 bits per heavy atom.